The van der Waals surface area contributed by atoms with E-state index in [1.165, 1.54) is 12.5 Å². The zero-order valence-electron chi connectivity index (χ0n) is 28.1. The quantitative estimate of drug-likeness (QED) is 0.245. The predicted molar refractivity (Wildman–Crippen MR) is 184 cm³/mol. The van der Waals surface area contributed by atoms with Gasteiger partial charge in [0.25, 0.3) is 5.91 Å². The molecule has 1 aromatic carbocycles. The molecule has 5 heterocycles. The van der Waals surface area contributed by atoms with E-state index in [0.29, 0.717) is 42.0 Å². The van der Waals surface area contributed by atoms with E-state index in [0.717, 1.165) is 18.2 Å². The van der Waals surface area contributed by atoms with Crippen molar-refractivity contribution >= 4 is 46.0 Å². The molecule has 0 unspecified atom stereocenters. The maximum Gasteiger partial charge on any atom is 0.416 e. The average molecular weight is 737 g/mol. The summed E-state index contributed by atoms with van der Waals surface area (Å²) < 4.78 is 42.9. The van der Waals surface area contributed by atoms with E-state index < -0.39 is 29.0 Å². The first-order valence-corrected chi connectivity index (χ1v) is 16.8. The number of hydrogen-bond acceptors (Lipinski definition) is 10. The van der Waals surface area contributed by atoms with E-state index in [9.17, 15) is 32.7 Å². The van der Waals surface area contributed by atoms with Crippen LogP contribution < -0.4 is 15.6 Å². The molecule has 0 spiro atoms. The molecule has 2 amide bonds. The van der Waals surface area contributed by atoms with Crippen LogP contribution in [0.2, 0.25) is 5.02 Å². The number of fused-ring (bicyclic) bond motifs is 2. The minimum absolute atomic E-state index is 0.00188. The first kappa shape index (κ1) is 34.9. The lowest BCUT2D eigenvalue weighted by Gasteiger charge is -2.54. The monoisotopic (exact) mass is 736 g/mol. The summed E-state index contributed by atoms with van der Waals surface area (Å²) in [6, 6.07) is 3.81. The number of hydrogen-bond donors (Lipinski definition) is 2. The van der Waals surface area contributed by atoms with E-state index in [4.69, 9.17) is 16.6 Å². The van der Waals surface area contributed by atoms with Crippen LogP contribution in [0.5, 0.6) is 5.75 Å². The normalized spacial score (nSPS) is 17.2. The van der Waals surface area contributed by atoms with E-state index in [1.807, 2.05) is 11.8 Å². The van der Waals surface area contributed by atoms with Crippen LogP contribution >= 0.6 is 11.6 Å². The summed E-state index contributed by atoms with van der Waals surface area (Å²) >= 11 is 6.14. The SMILES string of the molecule is CCc1c(N2CCN(C(=O)c3ncnc(C)c3O)[C@H]3CC[C@@H]32)c(=O)c2nc(-c3ccnn3C)cnc2n1CC(=O)Nc1ccc(C(F)(F)F)cc1Cl. The van der Waals surface area contributed by atoms with Gasteiger partial charge in [0.05, 0.1) is 39.9 Å². The molecule has 2 atom stereocenters. The highest BCUT2D eigenvalue weighted by Gasteiger charge is 2.47. The van der Waals surface area contributed by atoms with Gasteiger partial charge in [-0.2, -0.15) is 18.3 Å². The summed E-state index contributed by atoms with van der Waals surface area (Å²) in [5.41, 5.74) is 0.734. The second-order valence-corrected chi connectivity index (χ2v) is 13.0. The lowest BCUT2D eigenvalue weighted by atomic mass is 9.81. The van der Waals surface area contributed by atoms with E-state index >= 15 is 0 Å². The van der Waals surface area contributed by atoms with Gasteiger partial charge in [-0.3, -0.25) is 19.1 Å². The Kier molecular flexibility index (Phi) is 8.84. The standard InChI is InChI=1S/C34H32ClF3N10O4/c1-4-22-29(46-11-12-47(25-8-7-24(25)46)33(52)28-30(50)17(2)40-16-41-28)31(51)27-32(39-14-21(44-27)23-9-10-42-45(23)3)48(22)15-26(49)43-20-6-5-18(13-19(20)35)34(36,37)38/h5-6,9-10,13-14,16,24-25,50H,4,7-8,11-12,15H2,1-3H3,(H,43,49)/t24-,25-/m0/s1. The van der Waals surface area contributed by atoms with Crippen molar-refractivity contribution in [1.82, 2.24) is 39.2 Å². The van der Waals surface area contributed by atoms with Crippen LogP contribution in [-0.4, -0.2) is 81.3 Å². The minimum atomic E-state index is -4.62. The maximum absolute atomic E-state index is 14.6. The Morgan fingerprint density at radius 1 is 1.10 bits per heavy atom. The van der Waals surface area contributed by atoms with Gasteiger partial charge in [-0.05, 0) is 50.5 Å². The van der Waals surface area contributed by atoms with Gasteiger partial charge in [0, 0.05) is 38.1 Å². The Morgan fingerprint density at radius 2 is 1.87 bits per heavy atom. The third kappa shape index (κ3) is 5.97. The van der Waals surface area contributed by atoms with Gasteiger partial charge in [0.15, 0.2) is 22.6 Å². The van der Waals surface area contributed by atoms with Gasteiger partial charge in [-0.25, -0.2) is 19.9 Å². The van der Waals surface area contributed by atoms with Crippen LogP contribution in [-0.2, 0) is 31.0 Å². The van der Waals surface area contributed by atoms with Crippen molar-refractivity contribution < 1.29 is 27.9 Å². The number of aryl methyl sites for hydroxylation is 2. The summed E-state index contributed by atoms with van der Waals surface area (Å²) in [6.07, 6.45) is 1.29. The van der Waals surface area contributed by atoms with Crippen LogP contribution in [0.1, 0.15) is 47.2 Å². The Labute approximate surface area is 298 Å². The lowest BCUT2D eigenvalue weighted by Crippen LogP contribution is -2.67. The van der Waals surface area contributed by atoms with Gasteiger partial charge in [0.2, 0.25) is 11.3 Å². The number of halogens is 4. The Balaban J connectivity index is 1.29. The number of aromatic nitrogens is 7. The molecule has 0 radical (unpaired) electrons. The van der Waals surface area contributed by atoms with Gasteiger partial charge >= 0.3 is 6.18 Å². The first-order chi connectivity index (χ1) is 24.8. The molecular weight excluding hydrogens is 705 g/mol. The highest BCUT2D eigenvalue weighted by atomic mass is 35.5. The largest absolute Gasteiger partial charge is 0.504 e. The number of carbonyl (C=O) groups excluding carboxylic acids is 2. The van der Waals surface area contributed by atoms with Crippen molar-refractivity contribution in [2.45, 2.75) is 57.9 Å². The number of carbonyl (C=O) groups is 2. The Morgan fingerprint density at radius 3 is 2.52 bits per heavy atom. The molecule has 0 bridgehead atoms. The van der Waals surface area contributed by atoms with Crippen molar-refractivity contribution in [3.05, 3.63) is 80.9 Å². The topological polar surface area (TPSA) is 164 Å². The molecule has 52 heavy (non-hydrogen) atoms. The number of alkyl halides is 3. The smallest absolute Gasteiger partial charge is 0.416 e. The highest BCUT2D eigenvalue weighted by molar-refractivity contribution is 6.33. The van der Waals surface area contributed by atoms with Gasteiger partial charge in [0.1, 0.15) is 24.3 Å². The number of aromatic hydroxyl groups is 1. The number of anilines is 2. The van der Waals surface area contributed by atoms with Crippen molar-refractivity contribution in [2.75, 3.05) is 23.3 Å². The van der Waals surface area contributed by atoms with Crippen molar-refractivity contribution in [3.63, 3.8) is 0 Å². The number of piperazine rings is 1. The van der Waals surface area contributed by atoms with E-state index in [-0.39, 0.29) is 70.7 Å². The molecule has 2 aliphatic rings. The molecule has 18 heteroatoms. The molecule has 1 aliphatic heterocycles. The second kappa shape index (κ2) is 13.2. The number of nitrogens with one attached hydrogen (secondary N) is 1. The molecule has 4 aromatic heterocycles. The lowest BCUT2D eigenvalue weighted by molar-refractivity contribution is -0.137. The van der Waals surface area contributed by atoms with Crippen molar-refractivity contribution in [2.24, 2.45) is 7.05 Å². The van der Waals surface area contributed by atoms with Crippen LogP contribution in [0.25, 0.3) is 22.6 Å². The van der Waals surface area contributed by atoms with Crippen LogP contribution in [0.15, 0.2) is 47.8 Å². The second-order valence-electron chi connectivity index (χ2n) is 12.6. The molecule has 2 N–H and O–H groups in total. The molecule has 7 rings (SSSR count). The number of rotatable bonds is 7. The fourth-order valence-electron chi connectivity index (χ4n) is 6.96. The molecule has 2 fully saturated rings. The molecule has 1 saturated carbocycles. The fraction of sp³-hybridized carbons (Fsp3) is 0.353. The van der Waals surface area contributed by atoms with Gasteiger partial charge in [-0.1, -0.05) is 18.5 Å². The fourth-order valence-corrected chi connectivity index (χ4v) is 7.19. The van der Waals surface area contributed by atoms with Crippen LogP contribution in [0, 0.1) is 6.92 Å². The maximum atomic E-state index is 14.6. The van der Waals surface area contributed by atoms with Crippen molar-refractivity contribution in [3.8, 4) is 17.1 Å². The number of pyridine rings is 1. The summed E-state index contributed by atoms with van der Waals surface area (Å²) in [7, 11) is 1.72. The van der Waals surface area contributed by atoms with Crippen LogP contribution in [0.3, 0.4) is 0 Å². The van der Waals surface area contributed by atoms with Crippen LogP contribution in [0.4, 0.5) is 24.5 Å². The average Bonchev–Trinajstić information content (AvgIpc) is 3.52. The third-order valence-electron chi connectivity index (χ3n) is 9.67. The summed E-state index contributed by atoms with van der Waals surface area (Å²) in [5, 5.41) is 17.0. The van der Waals surface area contributed by atoms with E-state index in [2.05, 4.69) is 25.4 Å². The van der Waals surface area contributed by atoms with Crippen molar-refractivity contribution in [1.29, 1.82) is 0 Å². The Hall–Kier alpha value is -5.58. The molecular formula is C34H32ClF3N10O4. The van der Waals surface area contributed by atoms with Gasteiger partial charge in [-0.15, -0.1) is 0 Å². The third-order valence-corrected chi connectivity index (χ3v) is 9.98. The molecule has 1 saturated heterocycles. The zero-order chi connectivity index (χ0) is 37.1. The highest BCUT2D eigenvalue weighted by Crippen LogP contribution is 2.39. The van der Waals surface area contributed by atoms with E-state index in [1.54, 1.807) is 40.4 Å². The zero-order valence-corrected chi connectivity index (χ0v) is 28.9. The molecule has 1 aliphatic carbocycles. The predicted octanol–water partition coefficient (Wildman–Crippen LogP) is 4.36. The summed E-state index contributed by atoms with van der Waals surface area (Å²) in [5.74, 6) is -1.34. The van der Waals surface area contributed by atoms with Gasteiger partial charge < -0.3 is 24.8 Å². The number of benzene rings is 1. The number of amides is 2. The minimum Gasteiger partial charge on any atom is -0.504 e. The first-order valence-electron chi connectivity index (χ1n) is 16.4. The molecule has 14 nitrogen and oxygen atoms in total. The Bertz CT molecular complexity index is 2310. The summed E-state index contributed by atoms with van der Waals surface area (Å²) in [6.45, 7) is 3.52. The summed E-state index contributed by atoms with van der Waals surface area (Å²) in [4.78, 5) is 62.7. The molecule has 270 valence electrons. The molecule has 5 aromatic rings. The number of nitrogens with zero attached hydrogens (tertiary/aromatic N) is 9.